The van der Waals surface area contributed by atoms with Crippen LogP contribution in [0, 0.1) is 0 Å². The number of carbonyl (C=O) groups excluding carboxylic acids is 2. The molecule has 3 rings (SSSR count). The third kappa shape index (κ3) is 5.71. The number of ketones is 1. The second kappa shape index (κ2) is 10.8. The van der Waals surface area contributed by atoms with E-state index in [9.17, 15) is 19.5 Å². The van der Waals surface area contributed by atoms with Crippen molar-refractivity contribution in [2.24, 2.45) is 0 Å². The van der Waals surface area contributed by atoms with Crippen molar-refractivity contribution in [2.75, 3.05) is 6.54 Å². The van der Waals surface area contributed by atoms with Gasteiger partial charge in [0.05, 0.1) is 11.6 Å². The lowest BCUT2D eigenvalue weighted by Crippen LogP contribution is -2.30. The third-order valence-electron chi connectivity index (χ3n) is 5.87. The van der Waals surface area contributed by atoms with Crippen molar-refractivity contribution < 1.29 is 24.6 Å². The van der Waals surface area contributed by atoms with Gasteiger partial charge >= 0.3 is 5.97 Å². The predicted molar refractivity (Wildman–Crippen MR) is 130 cm³/mol. The minimum atomic E-state index is -0.852. The molecule has 1 amide bonds. The van der Waals surface area contributed by atoms with Gasteiger partial charge in [-0.25, -0.2) is 0 Å². The number of Topliss-reactive ketones (excluding diaryl/α,β-unsaturated/α-hetero) is 1. The normalized spacial score (nSPS) is 17.7. The van der Waals surface area contributed by atoms with Gasteiger partial charge in [-0.3, -0.25) is 14.4 Å². The highest BCUT2D eigenvalue weighted by atomic mass is 79.9. The van der Waals surface area contributed by atoms with Gasteiger partial charge in [-0.05, 0) is 42.0 Å². The van der Waals surface area contributed by atoms with E-state index in [1.54, 1.807) is 24.3 Å². The molecule has 0 aromatic heterocycles. The second-order valence-electron chi connectivity index (χ2n) is 8.53. The molecule has 0 saturated carbocycles. The topological polar surface area (TPSA) is 94.9 Å². The largest absolute Gasteiger partial charge is 0.507 e. The Labute approximate surface area is 202 Å². The molecule has 2 aromatic rings. The van der Waals surface area contributed by atoms with Crippen LogP contribution in [0.1, 0.15) is 68.2 Å². The number of hydrogen-bond acceptors (Lipinski definition) is 4. The van der Waals surface area contributed by atoms with E-state index in [0.29, 0.717) is 37.3 Å². The van der Waals surface area contributed by atoms with Gasteiger partial charge in [-0.1, -0.05) is 72.6 Å². The summed E-state index contributed by atoms with van der Waals surface area (Å²) >= 11 is 3.36. The Morgan fingerprint density at radius 2 is 1.61 bits per heavy atom. The van der Waals surface area contributed by atoms with Crippen molar-refractivity contribution in [3.05, 3.63) is 75.3 Å². The average molecular weight is 514 g/mol. The molecule has 1 atom stereocenters. The molecule has 2 N–H and O–H groups in total. The van der Waals surface area contributed by atoms with Gasteiger partial charge in [0.2, 0.25) is 0 Å². The number of aliphatic carboxylic acids is 1. The maximum Gasteiger partial charge on any atom is 0.303 e. The molecule has 0 radical (unpaired) electrons. The summed E-state index contributed by atoms with van der Waals surface area (Å²) in [6.45, 7) is 4.48. The average Bonchev–Trinajstić information content (AvgIpc) is 3.03. The van der Waals surface area contributed by atoms with Gasteiger partial charge in [-0.15, -0.1) is 0 Å². The van der Waals surface area contributed by atoms with Crippen LogP contribution in [0.15, 0.2) is 58.6 Å². The highest BCUT2D eigenvalue weighted by molar-refractivity contribution is 9.10. The fourth-order valence-electron chi connectivity index (χ4n) is 4.02. The summed E-state index contributed by atoms with van der Waals surface area (Å²) in [6.07, 6.45) is 1.77. The summed E-state index contributed by atoms with van der Waals surface area (Å²) in [5.41, 5.74) is 2.42. The van der Waals surface area contributed by atoms with Gasteiger partial charge in [0, 0.05) is 23.0 Å². The van der Waals surface area contributed by atoms with E-state index in [1.165, 1.54) is 4.90 Å². The maximum absolute atomic E-state index is 13.0. The van der Waals surface area contributed by atoms with Crippen molar-refractivity contribution in [3.63, 3.8) is 0 Å². The van der Waals surface area contributed by atoms with E-state index in [2.05, 4.69) is 29.8 Å². The van der Waals surface area contributed by atoms with Gasteiger partial charge in [-0.2, -0.15) is 0 Å². The molecule has 1 saturated heterocycles. The van der Waals surface area contributed by atoms with Gasteiger partial charge in [0.1, 0.15) is 5.76 Å². The second-order valence-corrected chi connectivity index (χ2v) is 9.44. The molecule has 7 heteroatoms. The molecule has 33 heavy (non-hydrogen) atoms. The van der Waals surface area contributed by atoms with Crippen LogP contribution in [0.5, 0.6) is 0 Å². The molecular formula is C26H28BrNO5. The molecule has 1 fully saturated rings. The van der Waals surface area contributed by atoms with Crippen molar-refractivity contribution in [1.82, 2.24) is 4.90 Å². The lowest BCUT2D eigenvalue weighted by Gasteiger charge is -2.25. The Kier molecular flexibility index (Phi) is 8.08. The summed E-state index contributed by atoms with van der Waals surface area (Å²) < 4.78 is 0.835. The van der Waals surface area contributed by atoms with Crippen molar-refractivity contribution in [3.8, 4) is 0 Å². The molecule has 2 aromatic carbocycles. The molecule has 6 nitrogen and oxygen atoms in total. The number of aliphatic hydroxyl groups excluding tert-OH is 1. The number of hydrogen-bond donors (Lipinski definition) is 2. The summed E-state index contributed by atoms with van der Waals surface area (Å²) in [5, 5.41) is 19.9. The highest BCUT2D eigenvalue weighted by Crippen LogP contribution is 2.40. The number of rotatable bonds is 9. The van der Waals surface area contributed by atoms with Crippen LogP contribution in [0.2, 0.25) is 0 Å². The zero-order valence-electron chi connectivity index (χ0n) is 18.8. The van der Waals surface area contributed by atoms with Crippen molar-refractivity contribution >= 4 is 39.3 Å². The SMILES string of the molecule is CC(C)c1ccc([C@@H]2C(=C(O)c3ccc(Br)cc3)C(=O)C(=O)N2CCCCCC(=O)O)cc1. The molecule has 1 aliphatic heterocycles. The van der Waals surface area contributed by atoms with E-state index in [-0.39, 0.29) is 17.8 Å². The van der Waals surface area contributed by atoms with E-state index in [0.717, 1.165) is 15.6 Å². The molecular weight excluding hydrogens is 486 g/mol. The van der Waals surface area contributed by atoms with E-state index >= 15 is 0 Å². The van der Waals surface area contributed by atoms with Crippen LogP contribution in [0.4, 0.5) is 0 Å². The van der Waals surface area contributed by atoms with Gasteiger partial charge < -0.3 is 15.1 Å². The number of carboxylic acids is 1. The number of benzene rings is 2. The summed E-state index contributed by atoms with van der Waals surface area (Å²) in [4.78, 5) is 38.3. The fraction of sp³-hybridized carbons (Fsp3) is 0.346. The van der Waals surface area contributed by atoms with Crippen molar-refractivity contribution in [1.29, 1.82) is 0 Å². The van der Waals surface area contributed by atoms with Gasteiger partial charge in [0.15, 0.2) is 0 Å². The molecule has 174 valence electrons. The lowest BCUT2D eigenvalue weighted by atomic mass is 9.93. The number of carboxylic acid groups (broad SMARTS) is 1. The molecule has 1 heterocycles. The Balaban J connectivity index is 1.98. The summed E-state index contributed by atoms with van der Waals surface area (Å²) in [7, 11) is 0. The number of unbranched alkanes of at least 4 members (excludes halogenated alkanes) is 2. The van der Waals surface area contributed by atoms with Crippen LogP contribution >= 0.6 is 15.9 Å². The van der Waals surface area contributed by atoms with Crippen molar-refractivity contribution in [2.45, 2.75) is 51.5 Å². The molecule has 0 bridgehead atoms. The Morgan fingerprint density at radius 1 is 0.970 bits per heavy atom. The molecule has 0 aliphatic carbocycles. The number of aliphatic hydroxyl groups is 1. The summed E-state index contributed by atoms with van der Waals surface area (Å²) in [5.74, 6) is -2.08. The number of nitrogens with zero attached hydrogens (tertiary/aromatic N) is 1. The lowest BCUT2D eigenvalue weighted by molar-refractivity contribution is -0.140. The van der Waals surface area contributed by atoms with Gasteiger partial charge in [0.25, 0.3) is 11.7 Å². The zero-order valence-corrected chi connectivity index (χ0v) is 20.3. The Hall–Kier alpha value is -2.93. The number of amides is 1. The van der Waals surface area contributed by atoms with Crippen LogP contribution in [0.25, 0.3) is 5.76 Å². The zero-order chi connectivity index (χ0) is 24.1. The first-order valence-corrected chi connectivity index (χ1v) is 11.9. The maximum atomic E-state index is 13.0. The first-order valence-electron chi connectivity index (χ1n) is 11.1. The molecule has 0 unspecified atom stereocenters. The highest BCUT2D eigenvalue weighted by Gasteiger charge is 2.45. The summed E-state index contributed by atoms with van der Waals surface area (Å²) in [6, 6.07) is 14.0. The van der Waals surface area contributed by atoms with E-state index in [4.69, 9.17) is 5.11 Å². The minimum Gasteiger partial charge on any atom is -0.507 e. The Bertz CT molecular complexity index is 1060. The molecule has 1 aliphatic rings. The number of likely N-dealkylation sites (tertiary alicyclic amines) is 1. The first-order chi connectivity index (χ1) is 15.7. The van der Waals surface area contributed by atoms with Crippen LogP contribution in [-0.4, -0.2) is 39.3 Å². The predicted octanol–water partition coefficient (Wildman–Crippen LogP) is 5.64. The van der Waals surface area contributed by atoms with E-state index < -0.39 is 23.7 Å². The quantitative estimate of drug-likeness (QED) is 0.196. The van der Waals surface area contributed by atoms with Crippen LogP contribution in [-0.2, 0) is 14.4 Å². The minimum absolute atomic E-state index is 0.0719. The number of halogens is 1. The van der Waals surface area contributed by atoms with Crippen LogP contribution < -0.4 is 0 Å². The molecule has 0 spiro atoms. The van der Waals surface area contributed by atoms with E-state index in [1.807, 2.05) is 24.3 Å². The number of carbonyl (C=O) groups is 3. The third-order valence-corrected chi connectivity index (χ3v) is 6.39. The Morgan fingerprint density at radius 3 is 2.18 bits per heavy atom. The fourth-order valence-corrected chi connectivity index (χ4v) is 4.28. The van der Waals surface area contributed by atoms with Crippen LogP contribution in [0.3, 0.4) is 0 Å². The first kappa shape index (κ1) is 24.7. The monoisotopic (exact) mass is 513 g/mol. The smallest absolute Gasteiger partial charge is 0.303 e. The standard InChI is InChI=1S/C26H28BrNO5/c1-16(2)17-7-9-18(10-8-17)23-22(24(31)19-11-13-20(27)14-12-19)25(32)26(33)28(23)15-5-3-4-6-21(29)30/h7-14,16,23,31H,3-6,15H2,1-2H3,(H,29,30)/t23-/m1/s1.